The molecular weight excluding hydrogens is 460 g/mol. The minimum atomic E-state index is -1.01. The quantitative estimate of drug-likeness (QED) is 0.176. The summed E-state index contributed by atoms with van der Waals surface area (Å²) in [6, 6.07) is 13.0. The summed E-state index contributed by atoms with van der Waals surface area (Å²) in [7, 11) is 2.90. The second kappa shape index (κ2) is 9.36. The van der Waals surface area contributed by atoms with Crippen LogP contribution < -0.4 is 9.47 Å². The molecule has 1 aliphatic heterocycles. The van der Waals surface area contributed by atoms with Crippen molar-refractivity contribution in [3.05, 3.63) is 91.7 Å². The second-order valence-corrected chi connectivity index (χ2v) is 8.43. The van der Waals surface area contributed by atoms with Crippen molar-refractivity contribution in [2.75, 3.05) is 14.2 Å². The molecule has 1 unspecified atom stereocenters. The highest BCUT2D eigenvalue weighted by molar-refractivity contribution is 7.09. The minimum absolute atomic E-state index is 0.0511. The molecule has 3 aromatic rings. The first kappa shape index (κ1) is 23.0. The van der Waals surface area contributed by atoms with E-state index in [4.69, 9.17) is 9.47 Å². The Labute approximate surface area is 198 Å². The third-order valence-electron chi connectivity index (χ3n) is 5.50. The fourth-order valence-electron chi connectivity index (χ4n) is 3.99. The predicted molar refractivity (Wildman–Crippen MR) is 125 cm³/mol. The Morgan fingerprint density at radius 3 is 2.53 bits per heavy atom. The van der Waals surface area contributed by atoms with Crippen LogP contribution in [0.25, 0.3) is 5.76 Å². The van der Waals surface area contributed by atoms with E-state index in [-0.39, 0.29) is 23.4 Å². The number of para-hydroxylation sites is 1. The number of carbonyl (C=O) groups excluding carboxylic acids is 2. The molecule has 10 heteroatoms. The molecule has 0 saturated carbocycles. The Bertz CT molecular complexity index is 1300. The van der Waals surface area contributed by atoms with Crippen LogP contribution in [0.3, 0.4) is 0 Å². The van der Waals surface area contributed by atoms with E-state index in [1.54, 1.807) is 18.2 Å². The molecule has 2 heterocycles. The standard InChI is InChI=1S/C24H20N2O7S/c1-32-18-10-4-9-17(23(18)33-2)20-19(21(27)14-6-3-7-15(12-14)26(30)31)22(28)24(29)25(20)13-16-8-5-11-34-16/h3-12,20,27H,13H2,1-2H3/b21-19+. The molecule has 1 saturated heterocycles. The van der Waals surface area contributed by atoms with E-state index in [0.29, 0.717) is 17.1 Å². The summed E-state index contributed by atoms with van der Waals surface area (Å²) in [5, 5.41) is 24.3. The number of nitro benzene ring substituents is 1. The minimum Gasteiger partial charge on any atom is -0.507 e. The van der Waals surface area contributed by atoms with Crippen molar-refractivity contribution in [1.29, 1.82) is 0 Å². The largest absolute Gasteiger partial charge is 0.507 e. The van der Waals surface area contributed by atoms with E-state index in [2.05, 4.69) is 0 Å². The Kier molecular flexibility index (Phi) is 6.33. The van der Waals surface area contributed by atoms with Crippen molar-refractivity contribution in [1.82, 2.24) is 4.90 Å². The van der Waals surface area contributed by atoms with Gasteiger partial charge in [-0.25, -0.2) is 0 Å². The van der Waals surface area contributed by atoms with Crippen LogP contribution in [0.5, 0.6) is 11.5 Å². The molecule has 0 spiro atoms. The number of ether oxygens (including phenoxy) is 2. The topological polar surface area (TPSA) is 119 Å². The van der Waals surface area contributed by atoms with E-state index >= 15 is 0 Å². The van der Waals surface area contributed by atoms with Gasteiger partial charge in [0.05, 0.1) is 37.3 Å². The lowest BCUT2D eigenvalue weighted by molar-refractivity contribution is -0.384. The molecule has 1 amide bonds. The molecule has 1 aromatic heterocycles. The molecule has 1 atom stereocenters. The summed E-state index contributed by atoms with van der Waals surface area (Å²) in [6.45, 7) is 0.124. The predicted octanol–water partition coefficient (Wildman–Crippen LogP) is 4.30. The van der Waals surface area contributed by atoms with Gasteiger partial charge in [-0.3, -0.25) is 19.7 Å². The smallest absolute Gasteiger partial charge is 0.295 e. The molecule has 4 rings (SSSR count). The number of ketones is 1. The lowest BCUT2D eigenvalue weighted by atomic mass is 9.94. The first-order valence-corrected chi connectivity index (χ1v) is 11.0. The fraction of sp³-hybridized carbons (Fsp3) is 0.167. The highest BCUT2D eigenvalue weighted by Crippen LogP contribution is 2.46. The van der Waals surface area contributed by atoms with Crippen LogP contribution in [0.4, 0.5) is 5.69 Å². The zero-order valence-corrected chi connectivity index (χ0v) is 19.1. The van der Waals surface area contributed by atoms with Crippen molar-refractivity contribution >= 4 is 34.5 Å². The van der Waals surface area contributed by atoms with Gasteiger partial charge in [-0.1, -0.05) is 30.3 Å². The highest BCUT2D eigenvalue weighted by Gasteiger charge is 2.47. The number of thiophene rings is 1. The summed E-state index contributed by atoms with van der Waals surface area (Å²) < 4.78 is 10.9. The Morgan fingerprint density at radius 2 is 1.88 bits per heavy atom. The highest BCUT2D eigenvalue weighted by atomic mass is 32.1. The van der Waals surface area contributed by atoms with Crippen LogP contribution in [-0.2, 0) is 16.1 Å². The molecule has 0 radical (unpaired) electrons. The van der Waals surface area contributed by atoms with E-state index in [1.807, 2.05) is 17.5 Å². The molecular formula is C24H20N2O7S. The van der Waals surface area contributed by atoms with E-state index in [0.717, 1.165) is 10.9 Å². The van der Waals surface area contributed by atoms with Crippen molar-refractivity contribution in [3.8, 4) is 11.5 Å². The van der Waals surface area contributed by atoms with Crippen LogP contribution in [0, 0.1) is 10.1 Å². The van der Waals surface area contributed by atoms with Gasteiger partial charge in [-0.15, -0.1) is 11.3 Å². The van der Waals surface area contributed by atoms with Crippen LogP contribution in [0.2, 0.25) is 0 Å². The average molecular weight is 480 g/mol. The van der Waals surface area contributed by atoms with E-state index < -0.39 is 28.4 Å². The number of nitrogens with zero attached hydrogens (tertiary/aromatic N) is 2. The van der Waals surface area contributed by atoms with Crippen LogP contribution in [0.15, 0.2) is 65.6 Å². The van der Waals surface area contributed by atoms with Gasteiger partial charge in [0.2, 0.25) is 0 Å². The number of Topliss-reactive ketones (excluding diaryl/α,β-unsaturated/α-hetero) is 1. The SMILES string of the molecule is COc1cccc(C2/C(=C(\O)c3cccc([N+](=O)[O-])c3)C(=O)C(=O)N2Cc2cccs2)c1OC. The first-order chi connectivity index (χ1) is 16.4. The lowest BCUT2D eigenvalue weighted by Crippen LogP contribution is -2.29. The third kappa shape index (κ3) is 3.99. The van der Waals surface area contributed by atoms with Crippen LogP contribution in [-0.4, -0.2) is 40.8 Å². The summed E-state index contributed by atoms with van der Waals surface area (Å²) in [5.41, 5.74) is 0.0424. The number of rotatable bonds is 7. The summed E-state index contributed by atoms with van der Waals surface area (Å²) in [5.74, 6) is -1.51. The van der Waals surface area contributed by atoms with Crippen LogP contribution in [0.1, 0.15) is 22.0 Å². The number of benzene rings is 2. The maximum absolute atomic E-state index is 13.2. The number of aliphatic hydroxyl groups excluding tert-OH is 1. The second-order valence-electron chi connectivity index (χ2n) is 7.40. The third-order valence-corrected chi connectivity index (χ3v) is 6.37. The molecule has 1 fully saturated rings. The summed E-state index contributed by atoms with van der Waals surface area (Å²) in [6.07, 6.45) is 0. The zero-order chi connectivity index (χ0) is 24.4. The van der Waals surface area contributed by atoms with Gasteiger partial charge in [0.15, 0.2) is 11.5 Å². The number of carbonyl (C=O) groups is 2. The van der Waals surface area contributed by atoms with Gasteiger partial charge in [0.1, 0.15) is 5.76 Å². The molecule has 9 nitrogen and oxygen atoms in total. The number of hydrogen-bond donors (Lipinski definition) is 1. The van der Waals surface area contributed by atoms with Gasteiger partial charge >= 0.3 is 0 Å². The molecule has 34 heavy (non-hydrogen) atoms. The van der Waals surface area contributed by atoms with Crippen molar-refractivity contribution in [3.63, 3.8) is 0 Å². The number of likely N-dealkylation sites (tertiary alicyclic amines) is 1. The number of non-ortho nitro benzene ring substituents is 1. The first-order valence-electron chi connectivity index (χ1n) is 10.1. The van der Waals surface area contributed by atoms with E-state index in [9.17, 15) is 24.8 Å². The maximum Gasteiger partial charge on any atom is 0.295 e. The normalized spacial score (nSPS) is 17.1. The zero-order valence-electron chi connectivity index (χ0n) is 18.3. The molecule has 0 bridgehead atoms. The van der Waals surface area contributed by atoms with Crippen molar-refractivity contribution in [2.45, 2.75) is 12.6 Å². The number of amides is 1. The monoisotopic (exact) mass is 480 g/mol. The molecule has 0 aliphatic carbocycles. The Morgan fingerprint density at radius 1 is 1.12 bits per heavy atom. The average Bonchev–Trinajstić information content (AvgIpc) is 3.45. The number of nitro groups is 1. The number of aliphatic hydroxyl groups is 1. The molecule has 174 valence electrons. The number of methoxy groups -OCH3 is 2. The number of hydrogen-bond acceptors (Lipinski definition) is 8. The lowest BCUT2D eigenvalue weighted by Gasteiger charge is -2.26. The summed E-state index contributed by atoms with van der Waals surface area (Å²) in [4.78, 5) is 39.2. The van der Waals surface area contributed by atoms with Crippen LogP contribution >= 0.6 is 11.3 Å². The Hall–Kier alpha value is -4.18. The van der Waals surface area contributed by atoms with E-state index in [1.165, 1.54) is 48.7 Å². The molecule has 1 aliphatic rings. The van der Waals surface area contributed by atoms with Gasteiger partial charge in [0, 0.05) is 28.1 Å². The summed E-state index contributed by atoms with van der Waals surface area (Å²) >= 11 is 1.42. The maximum atomic E-state index is 13.2. The molecule has 2 aromatic carbocycles. The van der Waals surface area contributed by atoms with Gasteiger partial charge in [-0.05, 0) is 17.5 Å². The fourth-order valence-corrected chi connectivity index (χ4v) is 4.69. The Balaban J connectivity index is 1.95. The van der Waals surface area contributed by atoms with Gasteiger partial charge < -0.3 is 19.5 Å². The van der Waals surface area contributed by atoms with Gasteiger partial charge in [-0.2, -0.15) is 0 Å². The van der Waals surface area contributed by atoms with Crippen molar-refractivity contribution in [2.24, 2.45) is 0 Å². The molecule has 1 N–H and O–H groups in total. The van der Waals surface area contributed by atoms with Gasteiger partial charge in [0.25, 0.3) is 17.4 Å². The van der Waals surface area contributed by atoms with Crippen molar-refractivity contribution < 1.29 is 29.1 Å².